The first-order valence-electron chi connectivity index (χ1n) is 8.56. The molecule has 2 aromatic rings. The number of carbonyl (C=O) groups excluding carboxylic acids is 1. The summed E-state index contributed by atoms with van der Waals surface area (Å²) in [6.07, 6.45) is 7.65. The Kier molecular flexibility index (Phi) is 5.60. The Labute approximate surface area is 146 Å². The summed E-state index contributed by atoms with van der Waals surface area (Å²) >= 11 is 1.44. The minimum atomic E-state index is 0.192. The maximum absolute atomic E-state index is 12.6. The fourth-order valence-electron chi connectivity index (χ4n) is 3.30. The summed E-state index contributed by atoms with van der Waals surface area (Å²) in [6, 6.07) is 4.09. The number of aromatic nitrogens is 3. The van der Waals surface area contributed by atoms with Gasteiger partial charge in [-0.05, 0) is 31.9 Å². The molecule has 0 aliphatic heterocycles. The molecular weight excluding hydrogens is 324 g/mol. The predicted octanol–water partition coefficient (Wildman–Crippen LogP) is 3.35. The molecule has 0 spiro atoms. The van der Waals surface area contributed by atoms with Gasteiger partial charge in [0.05, 0.1) is 12.0 Å². The number of rotatable bonds is 6. The number of hydrogen-bond donors (Lipinski definition) is 0. The van der Waals surface area contributed by atoms with Crippen LogP contribution in [0.15, 0.2) is 28.0 Å². The minimum absolute atomic E-state index is 0.192. The average molecular weight is 348 g/mol. The molecule has 0 unspecified atom stereocenters. The molecule has 1 aliphatic carbocycles. The van der Waals surface area contributed by atoms with Crippen LogP contribution in [0.5, 0.6) is 0 Å². The first kappa shape index (κ1) is 17.1. The van der Waals surface area contributed by atoms with Gasteiger partial charge in [-0.3, -0.25) is 4.79 Å². The van der Waals surface area contributed by atoms with Crippen LogP contribution in [-0.2, 0) is 11.8 Å². The van der Waals surface area contributed by atoms with E-state index in [4.69, 9.17) is 4.42 Å². The number of nitrogens with zero attached hydrogens (tertiary/aromatic N) is 4. The van der Waals surface area contributed by atoms with Gasteiger partial charge in [0.25, 0.3) is 0 Å². The zero-order chi connectivity index (χ0) is 16.9. The largest absolute Gasteiger partial charge is 0.461 e. The summed E-state index contributed by atoms with van der Waals surface area (Å²) in [4.78, 5) is 14.7. The van der Waals surface area contributed by atoms with Crippen molar-refractivity contribution in [2.24, 2.45) is 7.05 Å². The van der Waals surface area contributed by atoms with E-state index in [0.29, 0.717) is 23.4 Å². The van der Waals surface area contributed by atoms with Crippen molar-refractivity contribution >= 4 is 17.7 Å². The Morgan fingerprint density at radius 2 is 2.17 bits per heavy atom. The maximum Gasteiger partial charge on any atom is 0.233 e. The third-order valence-corrected chi connectivity index (χ3v) is 5.58. The Morgan fingerprint density at radius 1 is 1.38 bits per heavy atom. The van der Waals surface area contributed by atoms with Crippen molar-refractivity contribution in [2.45, 2.75) is 50.2 Å². The summed E-state index contributed by atoms with van der Waals surface area (Å²) < 4.78 is 7.24. The van der Waals surface area contributed by atoms with Crippen LogP contribution in [0.1, 0.15) is 39.0 Å². The molecule has 2 aromatic heterocycles. The average Bonchev–Trinajstić information content (AvgIpc) is 3.24. The number of amides is 1. The normalized spacial score (nSPS) is 15.6. The van der Waals surface area contributed by atoms with Crippen LogP contribution in [-0.4, -0.2) is 43.9 Å². The van der Waals surface area contributed by atoms with Crippen LogP contribution in [0.2, 0.25) is 0 Å². The Balaban J connectivity index is 1.61. The van der Waals surface area contributed by atoms with Gasteiger partial charge in [0.1, 0.15) is 0 Å². The van der Waals surface area contributed by atoms with Gasteiger partial charge in [-0.25, -0.2) is 0 Å². The SMILES string of the molecule is CCN(C(=O)CSc1nnc(-c2ccco2)n1C)C1CCCCC1. The van der Waals surface area contributed by atoms with E-state index in [-0.39, 0.29) is 5.91 Å². The minimum Gasteiger partial charge on any atom is -0.461 e. The topological polar surface area (TPSA) is 64.2 Å². The van der Waals surface area contributed by atoms with Crippen LogP contribution in [0.4, 0.5) is 0 Å². The highest BCUT2D eigenvalue weighted by Gasteiger charge is 2.24. The first-order chi connectivity index (χ1) is 11.7. The molecule has 2 heterocycles. The lowest BCUT2D eigenvalue weighted by atomic mass is 9.94. The van der Waals surface area contributed by atoms with Crippen molar-refractivity contribution in [3.8, 4) is 11.6 Å². The van der Waals surface area contributed by atoms with Crippen molar-refractivity contribution in [2.75, 3.05) is 12.3 Å². The molecule has 1 fully saturated rings. The van der Waals surface area contributed by atoms with Gasteiger partial charge in [0, 0.05) is 19.6 Å². The van der Waals surface area contributed by atoms with Crippen LogP contribution in [0.3, 0.4) is 0 Å². The Hall–Kier alpha value is -1.76. The fraction of sp³-hybridized carbons (Fsp3) is 0.588. The standard InChI is InChI=1S/C17H24N4O2S/c1-3-21(13-8-5-4-6-9-13)15(22)12-24-17-19-18-16(20(17)2)14-10-7-11-23-14/h7,10-11,13H,3-6,8-9,12H2,1-2H3. The van der Waals surface area contributed by atoms with Crippen molar-refractivity contribution in [1.82, 2.24) is 19.7 Å². The Morgan fingerprint density at radius 3 is 2.83 bits per heavy atom. The van der Waals surface area contributed by atoms with E-state index in [1.165, 1.54) is 31.0 Å². The molecule has 0 atom stereocenters. The third-order valence-electron chi connectivity index (χ3n) is 4.58. The zero-order valence-corrected chi connectivity index (χ0v) is 15.1. The van der Waals surface area contributed by atoms with Crippen LogP contribution in [0.25, 0.3) is 11.6 Å². The highest BCUT2D eigenvalue weighted by Crippen LogP contribution is 2.25. The summed E-state index contributed by atoms with van der Waals surface area (Å²) in [5, 5.41) is 9.08. The lowest BCUT2D eigenvalue weighted by molar-refractivity contribution is -0.131. The molecule has 6 nitrogen and oxygen atoms in total. The van der Waals surface area contributed by atoms with Gasteiger partial charge in [0.15, 0.2) is 16.7 Å². The van der Waals surface area contributed by atoms with Crippen molar-refractivity contribution < 1.29 is 9.21 Å². The summed E-state index contributed by atoms with van der Waals surface area (Å²) in [6.45, 7) is 2.84. The second-order valence-corrected chi connectivity index (χ2v) is 7.05. The van der Waals surface area contributed by atoms with E-state index < -0.39 is 0 Å². The van der Waals surface area contributed by atoms with E-state index in [0.717, 1.165) is 24.5 Å². The second-order valence-electron chi connectivity index (χ2n) is 6.10. The molecule has 7 heteroatoms. The van der Waals surface area contributed by atoms with E-state index in [1.54, 1.807) is 6.26 Å². The lowest BCUT2D eigenvalue weighted by Gasteiger charge is -2.33. The predicted molar refractivity (Wildman–Crippen MR) is 93.7 cm³/mol. The highest BCUT2D eigenvalue weighted by atomic mass is 32.2. The fourth-order valence-corrected chi connectivity index (χ4v) is 4.10. The number of hydrogen-bond acceptors (Lipinski definition) is 5. The molecule has 1 aliphatic rings. The molecule has 0 aromatic carbocycles. The summed E-state index contributed by atoms with van der Waals surface area (Å²) in [5.74, 6) is 1.95. The molecule has 130 valence electrons. The van der Waals surface area contributed by atoms with E-state index in [2.05, 4.69) is 17.1 Å². The summed E-state index contributed by atoms with van der Waals surface area (Å²) in [5.41, 5.74) is 0. The molecule has 0 N–H and O–H groups in total. The molecule has 24 heavy (non-hydrogen) atoms. The first-order valence-corrected chi connectivity index (χ1v) is 9.54. The van der Waals surface area contributed by atoms with Crippen LogP contribution >= 0.6 is 11.8 Å². The number of furan rings is 1. The monoisotopic (exact) mass is 348 g/mol. The molecule has 0 saturated heterocycles. The summed E-state index contributed by atoms with van der Waals surface area (Å²) in [7, 11) is 1.89. The molecule has 0 bridgehead atoms. The molecule has 0 radical (unpaired) electrons. The van der Waals surface area contributed by atoms with Gasteiger partial charge < -0.3 is 13.9 Å². The van der Waals surface area contributed by atoms with Gasteiger partial charge in [-0.1, -0.05) is 31.0 Å². The maximum atomic E-state index is 12.6. The Bertz CT molecular complexity index is 662. The second kappa shape index (κ2) is 7.88. The van der Waals surface area contributed by atoms with Crippen molar-refractivity contribution in [3.05, 3.63) is 18.4 Å². The van der Waals surface area contributed by atoms with Gasteiger partial charge in [0.2, 0.25) is 5.91 Å². The number of carbonyl (C=O) groups is 1. The van der Waals surface area contributed by atoms with E-state index >= 15 is 0 Å². The number of thioether (sulfide) groups is 1. The van der Waals surface area contributed by atoms with Gasteiger partial charge in [-0.15, -0.1) is 10.2 Å². The van der Waals surface area contributed by atoms with E-state index in [9.17, 15) is 4.79 Å². The molecule has 3 rings (SSSR count). The van der Waals surface area contributed by atoms with Crippen LogP contribution < -0.4 is 0 Å². The van der Waals surface area contributed by atoms with Crippen molar-refractivity contribution in [1.29, 1.82) is 0 Å². The van der Waals surface area contributed by atoms with Crippen molar-refractivity contribution in [3.63, 3.8) is 0 Å². The van der Waals surface area contributed by atoms with E-state index in [1.807, 2.05) is 28.6 Å². The molecule has 1 saturated carbocycles. The van der Waals surface area contributed by atoms with Gasteiger partial charge >= 0.3 is 0 Å². The van der Waals surface area contributed by atoms with Crippen LogP contribution in [0, 0.1) is 0 Å². The third kappa shape index (κ3) is 3.66. The molecular formula is C17H24N4O2S. The molecule has 1 amide bonds. The highest BCUT2D eigenvalue weighted by molar-refractivity contribution is 7.99. The zero-order valence-electron chi connectivity index (χ0n) is 14.3. The lowest BCUT2D eigenvalue weighted by Crippen LogP contribution is -2.42. The van der Waals surface area contributed by atoms with Gasteiger partial charge in [-0.2, -0.15) is 0 Å². The smallest absolute Gasteiger partial charge is 0.233 e. The quantitative estimate of drug-likeness (QED) is 0.749.